The number of hydrogen-bond acceptors (Lipinski definition) is 10. The van der Waals surface area contributed by atoms with Gasteiger partial charge in [0.1, 0.15) is 10.5 Å². The van der Waals surface area contributed by atoms with Crippen molar-refractivity contribution in [3.05, 3.63) is 0 Å². The molecule has 30 heavy (non-hydrogen) atoms. The van der Waals surface area contributed by atoms with Gasteiger partial charge in [-0.1, -0.05) is 27.7 Å². The highest BCUT2D eigenvalue weighted by Crippen LogP contribution is 2.07. The van der Waals surface area contributed by atoms with Gasteiger partial charge in [-0.15, -0.1) is 0 Å². The van der Waals surface area contributed by atoms with Crippen LogP contribution in [0.4, 0.5) is 0 Å². The Hall–Kier alpha value is -1.42. The second kappa shape index (κ2) is 20.8. The van der Waals surface area contributed by atoms with E-state index in [0.717, 1.165) is 25.7 Å². The van der Waals surface area contributed by atoms with Crippen LogP contribution in [0.15, 0.2) is 0 Å². The second-order valence-corrected chi connectivity index (χ2v) is 7.46. The van der Waals surface area contributed by atoms with Crippen molar-refractivity contribution in [3.63, 3.8) is 0 Å². The average Bonchev–Trinajstić information content (AvgIpc) is 2.72. The first kappa shape index (κ1) is 30.8. The van der Waals surface area contributed by atoms with Crippen LogP contribution in [0.1, 0.15) is 66.2 Å². The molecule has 0 spiro atoms. The van der Waals surface area contributed by atoms with Crippen LogP contribution in [0.25, 0.3) is 0 Å². The first-order valence-electron chi connectivity index (χ1n) is 10.2. The third-order valence-electron chi connectivity index (χ3n) is 3.10. The molecule has 0 aromatic heterocycles. The fraction of sp³-hybridized carbons (Fsp3) is 0.800. The van der Waals surface area contributed by atoms with Crippen LogP contribution in [0.5, 0.6) is 0 Å². The Morgan fingerprint density at radius 3 is 1.10 bits per heavy atom. The lowest BCUT2D eigenvalue weighted by Crippen LogP contribution is -2.23. The highest BCUT2D eigenvalue weighted by atomic mass is 32.1. The van der Waals surface area contributed by atoms with E-state index in [2.05, 4.69) is 25.3 Å². The van der Waals surface area contributed by atoms with Crippen LogP contribution in [-0.4, -0.2) is 60.8 Å². The molecule has 0 aliphatic carbocycles. The number of esters is 4. The Labute approximate surface area is 190 Å². The summed E-state index contributed by atoms with van der Waals surface area (Å²) >= 11 is 7.97. The minimum Gasteiger partial charge on any atom is -0.466 e. The summed E-state index contributed by atoms with van der Waals surface area (Å²) in [4.78, 5) is 44.6. The van der Waals surface area contributed by atoms with Gasteiger partial charge in [-0.25, -0.2) is 0 Å². The summed E-state index contributed by atoms with van der Waals surface area (Å²) in [6, 6.07) is 0. The molecule has 0 bridgehead atoms. The number of rotatable bonds is 14. The lowest BCUT2D eigenvalue weighted by molar-refractivity contribution is -0.149. The van der Waals surface area contributed by atoms with Crippen molar-refractivity contribution in [1.29, 1.82) is 0 Å². The SMILES string of the molecule is CCCOC(=O)CC(S)C(=O)OCCC.CCCOC(=O)CC(S)C(=O)OCCC. The third-order valence-corrected chi connectivity index (χ3v) is 3.88. The van der Waals surface area contributed by atoms with Crippen molar-refractivity contribution < 1.29 is 38.1 Å². The normalized spacial score (nSPS) is 11.9. The molecule has 0 radical (unpaired) electrons. The van der Waals surface area contributed by atoms with Crippen molar-refractivity contribution in [3.8, 4) is 0 Å². The molecule has 2 unspecified atom stereocenters. The number of hydrogen-bond donors (Lipinski definition) is 2. The molecule has 10 heteroatoms. The molecule has 0 aliphatic heterocycles. The first-order chi connectivity index (χ1) is 14.2. The summed E-state index contributed by atoms with van der Waals surface area (Å²) in [7, 11) is 0. The molecule has 8 nitrogen and oxygen atoms in total. The maximum Gasteiger partial charge on any atom is 0.319 e. The van der Waals surface area contributed by atoms with Gasteiger partial charge in [-0.2, -0.15) is 25.3 Å². The van der Waals surface area contributed by atoms with Crippen molar-refractivity contribution in [2.45, 2.75) is 76.7 Å². The van der Waals surface area contributed by atoms with Crippen LogP contribution >= 0.6 is 25.3 Å². The van der Waals surface area contributed by atoms with Gasteiger partial charge in [-0.05, 0) is 25.7 Å². The zero-order valence-electron chi connectivity index (χ0n) is 18.4. The van der Waals surface area contributed by atoms with E-state index in [4.69, 9.17) is 18.9 Å². The maximum atomic E-state index is 11.2. The molecule has 0 aromatic rings. The van der Waals surface area contributed by atoms with Crippen molar-refractivity contribution >= 4 is 49.1 Å². The van der Waals surface area contributed by atoms with E-state index in [1.54, 1.807) is 0 Å². The van der Waals surface area contributed by atoms with E-state index < -0.39 is 34.4 Å². The molecular weight excluding hydrogens is 432 g/mol. The molecule has 0 amide bonds. The third kappa shape index (κ3) is 18.6. The molecule has 0 N–H and O–H groups in total. The van der Waals surface area contributed by atoms with Crippen LogP contribution < -0.4 is 0 Å². The lowest BCUT2D eigenvalue weighted by Gasteiger charge is -2.09. The van der Waals surface area contributed by atoms with Gasteiger partial charge in [0.2, 0.25) is 0 Å². The predicted molar refractivity (Wildman–Crippen MR) is 120 cm³/mol. The van der Waals surface area contributed by atoms with E-state index in [-0.39, 0.29) is 12.8 Å². The van der Waals surface area contributed by atoms with Gasteiger partial charge in [0.05, 0.1) is 39.3 Å². The molecule has 0 rings (SSSR count). The van der Waals surface area contributed by atoms with Gasteiger partial charge in [0.25, 0.3) is 0 Å². The van der Waals surface area contributed by atoms with Crippen LogP contribution in [0.2, 0.25) is 0 Å². The lowest BCUT2D eigenvalue weighted by atomic mass is 10.3. The molecule has 0 heterocycles. The van der Waals surface area contributed by atoms with E-state index in [1.165, 1.54) is 0 Å². The smallest absolute Gasteiger partial charge is 0.319 e. The minimum absolute atomic E-state index is 0.0361. The standard InChI is InChI=1S/2C10H18O4S/c2*1-3-5-13-9(11)7-8(15)10(12)14-6-4-2/h2*8,15H,3-7H2,1-2H3. The van der Waals surface area contributed by atoms with Crippen LogP contribution in [0, 0.1) is 0 Å². The van der Waals surface area contributed by atoms with Gasteiger partial charge in [0.15, 0.2) is 0 Å². The quantitative estimate of drug-likeness (QED) is 0.228. The fourth-order valence-corrected chi connectivity index (χ4v) is 2.08. The summed E-state index contributed by atoms with van der Waals surface area (Å²) in [5, 5.41) is -1.44. The predicted octanol–water partition coefficient (Wildman–Crippen LogP) is 3.16. The van der Waals surface area contributed by atoms with Gasteiger partial charge < -0.3 is 18.9 Å². The molecule has 176 valence electrons. The van der Waals surface area contributed by atoms with Crippen LogP contribution in [-0.2, 0) is 38.1 Å². The monoisotopic (exact) mass is 468 g/mol. The summed E-state index contributed by atoms with van der Waals surface area (Å²) in [5.41, 5.74) is 0. The molecule has 0 saturated heterocycles. The van der Waals surface area contributed by atoms with Gasteiger partial charge >= 0.3 is 23.9 Å². The highest BCUT2D eigenvalue weighted by molar-refractivity contribution is 7.82. The zero-order chi connectivity index (χ0) is 23.4. The van der Waals surface area contributed by atoms with Crippen molar-refractivity contribution in [2.24, 2.45) is 0 Å². The number of carbonyl (C=O) groups is 4. The Kier molecular flexibility index (Phi) is 21.4. The van der Waals surface area contributed by atoms with Crippen molar-refractivity contribution in [1.82, 2.24) is 0 Å². The number of ether oxygens (including phenoxy) is 4. The van der Waals surface area contributed by atoms with E-state index in [9.17, 15) is 19.2 Å². The second-order valence-electron chi connectivity index (χ2n) is 6.22. The first-order valence-corrected chi connectivity index (χ1v) is 11.3. The summed E-state index contributed by atoms with van der Waals surface area (Å²) in [6.07, 6.45) is 2.98. The molecule has 0 aliphatic rings. The van der Waals surface area contributed by atoms with E-state index in [0.29, 0.717) is 26.4 Å². The highest BCUT2D eigenvalue weighted by Gasteiger charge is 2.20. The Bertz CT molecular complexity index is 455. The zero-order valence-corrected chi connectivity index (χ0v) is 20.2. The van der Waals surface area contributed by atoms with E-state index >= 15 is 0 Å². The van der Waals surface area contributed by atoms with Crippen molar-refractivity contribution in [2.75, 3.05) is 26.4 Å². The minimum atomic E-state index is -0.721. The molecule has 0 fully saturated rings. The number of carbonyl (C=O) groups excluding carboxylic acids is 4. The summed E-state index contributed by atoms with van der Waals surface area (Å²) < 4.78 is 19.3. The average molecular weight is 469 g/mol. The Morgan fingerprint density at radius 2 is 0.833 bits per heavy atom. The van der Waals surface area contributed by atoms with Gasteiger partial charge in [-0.3, -0.25) is 19.2 Å². The summed E-state index contributed by atoms with van der Waals surface area (Å²) in [5.74, 6) is -1.75. The Morgan fingerprint density at radius 1 is 0.567 bits per heavy atom. The maximum absolute atomic E-state index is 11.2. The van der Waals surface area contributed by atoms with Crippen LogP contribution in [0.3, 0.4) is 0 Å². The number of thiol groups is 2. The summed E-state index contributed by atoms with van der Waals surface area (Å²) in [6.45, 7) is 9.08. The molecule has 0 saturated carbocycles. The van der Waals surface area contributed by atoms with Gasteiger partial charge in [0, 0.05) is 0 Å². The Balaban J connectivity index is 0. The molecule has 2 atom stereocenters. The molecule has 0 aromatic carbocycles. The topological polar surface area (TPSA) is 105 Å². The fourth-order valence-electron chi connectivity index (χ4n) is 1.63. The molecular formula is C20H36O8S2. The largest absolute Gasteiger partial charge is 0.466 e. The van der Waals surface area contributed by atoms with E-state index in [1.807, 2.05) is 27.7 Å².